The maximum Gasteiger partial charge on any atom is 1.00 e. The van der Waals surface area contributed by atoms with Crippen LogP contribution in [0, 0.1) is 12.3 Å². The molecule has 0 saturated heterocycles. The van der Waals surface area contributed by atoms with Crippen molar-refractivity contribution in [1.82, 2.24) is 0 Å². The van der Waals surface area contributed by atoms with Crippen LogP contribution in [0.5, 0.6) is 0 Å². The van der Waals surface area contributed by atoms with Gasteiger partial charge in [-0.05, 0) is 0 Å². The Labute approximate surface area is 94.4 Å². The standard InChI is InChI=1S/C10H21.Na/c1-5-8-9-10(4,6-2)7-3;/h4-9H2,1-3H3;/q-1;+1. The third kappa shape index (κ3) is 6.19. The van der Waals surface area contributed by atoms with Crippen LogP contribution in [0.4, 0.5) is 0 Å². The van der Waals surface area contributed by atoms with Gasteiger partial charge in [0.25, 0.3) is 0 Å². The summed E-state index contributed by atoms with van der Waals surface area (Å²) in [7, 11) is 0. The Balaban J connectivity index is 0. The summed E-state index contributed by atoms with van der Waals surface area (Å²) in [5.41, 5.74) is 0.385. The van der Waals surface area contributed by atoms with Crippen molar-refractivity contribution in [3.05, 3.63) is 6.92 Å². The fraction of sp³-hybridized carbons (Fsp3) is 0.900. The number of unbranched alkanes of at least 4 members (excludes halogenated alkanes) is 1. The summed E-state index contributed by atoms with van der Waals surface area (Å²) < 4.78 is 0. The molecule has 0 saturated carbocycles. The molecule has 11 heavy (non-hydrogen) atoms. The molecule has 0 atom stereocenters. The van der Waals surface area contributed by atoms with Gasteiger partial charge in [0.1, 0.15) is 0 Å². The summed E-state index contributed by atoms with van der Waals surface area (Å²) in [5.74, 6) is 0. The van der Waals surface area contributed by atoms with Crippen molar-refractivity contribution in [1.29, 1.82) is 0 Å². The Morgan fingerprint density at radius 3 is 1.82 bits per heavy atom. The SMILES string of the molecule is [CH2-]C(CC)(CC)CCCC.[Na+]. The van der Waals surface area contributed by atoms with Gasteiger partial charge in [0, 0.05) is 0 Å². The summed E-state index contributed by atoms with van der Waals surface area (Å²) in [6, 6.07) is 0. The maximum atomic E-state index is 4.24. The zero-order valence-electron chi connectivity index (χ0n) is 8.74. The summed E-state index contributed by atoms with van der Waals surface area (Å²) in [4.78, 5) is 0. The van der Waals surface area contributed by atoms with Gasteiger partial charge in [-0.2, -0.15) is 5.41 Å². The van der Waals surface area contributed by atoms with Crippen LogP contribution >= 0.6 is 0 Å². The van der Waals surface area contributed by atoms with Gasteiger partial charge in [-0.25, -0.2) is 0 Å². The van der Waals surface area contributed by atoms with E-state index in [0.29, 0.717) is 5.41 Å². The normalized spacial score (nSPS) is 10.9. The maximum absolute atomic E-state index is 4.24. The second-order valence-corrected chi connectivity index (χ2v) is 3.31. The molecule has 0 aromatic carbocycles. The van der Waals surface area contributed by atoms with Crippen LogP contribution in [-0.4, -0.2) is 0 Å². The molecule has 0 aromatic heterocycles. The smallest absolute Gasteiger partial charge is 0.337 e. The molecular formula is C10H21Na. The molecular weight excluding hydrogens is 143 g/mol. The minimum absolute atomic E-state index is 0. The minimum Gasteiger partial charge on any atom is -0.337 e. The van der Waals surface area contributed by atoms with Gasteiger partial charge in [0.05, 0.1) is 0 Å². The van der Waals surface area contributed by atoms with Gasteiger partial charge in [-0.3, -0.25) is 0 Å². The molecule has 0 aliphatic rings. The fourth-order valence-electron chi connectivity index (χ4n) is 1.16. The summed E-state index contributed by atoms with van der Waals surface area (Å²) in [6.45, 7) is 11.0. The van der Waals surface area contributed by atoms with Crippen molar-refractivity contribution in [2.45, 2.75) is 52.9 Å². The molecule has 0 radical (unpaired) electrons. The number of hydrogen-bond acceptors (Lipinski definition) is 0. The molecule has 0 aliphatic carbocycles. The van der Waals surface area contributed by atoms with E-state index < -0.39 is 0 Å². The van der Waals surface area contributed by atoms with Crippen LogP contribution in [0.15, 0.2) is 0 Å². The van der Waals surface area contributed by atoms with E-state index in [1.165, 1.54) is 32.1 Å². The van der Waals surface area contributed by atoms with Crippen molar-refractivity contribution in [3.63, 3.8) is 0 Å². The topological polar surface area (TPSA) is 0 Å². The Kier molecular flexibility index (Phi) is 10.1. The largest absolute Gasteiger partial charge is 1.00 e. The Bertz CT molecular complexity index is 74.9. The van der Waals surface area contributed by atoms with Gasteiger partial charge in [0.2, 0.25) is 0 Å². The van der Waals surface area contributed by atoms with Crippen LogP contribution in [0.3, 0.4) is 0 Å². The van der Waals surface area contributed by atoms with Gasteiger partial charge in [-0.1, -0.05) is 52.9 Å². The van der Waals surface area contributed by atoms with Crippen LogP contribution in [0.1, 0.15) is 52.9 Å². The molecule has 1 heteroatoms. The summed E-state index contributed by atoms with van der Waals surface area (Å²) in [5, 5.41) is 0. The third-order valence-corrected chi connectivity index (χ3v) is 2.56. The number of rotatable bonds is 5. The summed E-state index contributed by atoms with van der Waals surface area (Å²) >= 11 is 0. The van der Waals surface area contributed by atoms with Crippen LogP contribution < -0.4 is 29.6 Å². The van der Waals surface area contributed by atoms with E-state index in [1.807, 2.05) is 0 Å². The van der Waals surface area contributed by atoms with Gasteiger partial charge in [-0.15, -0.1) is 0 Å². The molecule has 0 nitrogen and oxygen atoms in total. The Morgan fingerprint density at radius 2 is 1.55 bits per heavy atom. The predicted octanol–water partition coefficient (Wildman–Crippen LogP) is 0.821. The first-order chi connectivity index (χ1) is 4.68. The zero-order valence-corrected chi connectivity index (χ0v) is 10.7. The quantitative estimate of drug-likeness (QED) is 0.417. The number of hydrogen-bond donors (Lipinski definition) is 0. The molecule has 0 bridgehead atoms. The molecule has 0 N–H and O–H groups in total. The van der Waals surface area contributed by atoms with Crippen molar-refractivity contribution >= 4 is 0 Å². The Hall–Kier alpha value is 1.00. The molecule has 0 aromatic rings. The van der Waals surface area contributed by atoms with E-state index in [2.05, 4.69) is 27.7 Å². The van der Waals surface area contributed by atoms with E-state index in [-0.39, 0.29) is 29.6 Å². The second kappa shape index (κ2) is 7.64. The van der Waals surface area contributed by atoms with Gasteiger partial charge in [0.15, 0.2) is 0 Å². The van der Waals surface area contributed by atoms with E-state index in [4.69, 9.17) is 0 Å². The molecule has 62 valence electrons. The molecule has 0 aliphatic heterocycles. The van der Waals surface area contributed by atoms with Crippen LogP contribution in [0.25, 0.3) is 0 Å². The van der Waals surface area contributed by atoms with Crippen molar-refractivity contribution < 1.29 is 29.6 Å². The van der Waals surface area contributed by atoms with Crippen molar-refractivity contribution in [2.75, 3.05) is 0 Å². The fourth-order valence-corrected chi connectivity index (χ4v) is 1.16. The first-order valence-corrected chi connectivity index (χ1v) is 4.54. The van der Waals surface area contributed by atoms with Gasteiger partial charge >= 0.3 is 29.6 Å². The molecule has 0 fully saturated rings. The predicted molar refractivity (Wildman–Crippen MR) is 47.9 cm³/mol. The van der Waals surface area contributed by atoms with Crippen LogP contribution in [0.2, 0.25) is 0 Å². The third-order valence-electron chi connectivity index (χ3n) is 2.56. The average molecular weight is 164 g/mol. The average Bonchev–Trinajstić information content (AvgIpc) is 2.00. The van der Waals surface area contributed by atoms with E-state index in [0.717, 1.165) is 0 Å². The first-order valence-electron chi connectivity index (χ1n) is 4.54. The zero-order chi connectivity index (χ0) is 8.04. The van der Waals surface area contributed by atoms with Crippen molar-refractivity contribution in [3.8, 4) is 0 Å². The van der Waals surface area contributed by atoms with E-state index in [1.54, 1.807) is 0 Å². The Morgan fingerprint density at radius 1 is 1.09 bits per heavy atom. The molecule has 0 rings (SSSR count). The molecule has 0 amide bonds. The van der Waals surface area contributed by atoms with Crippen LogP contribution in [-0.2, 0) is 0 Å². The van der Waals surface area contributed by atoms with E-state index >= 15 is 0 Å². The molecule has 0 spiro atoms. The first kappa shape index (κ1) is 14.5. The molecule has 0 unspecified atom stereocenters. The van der Waals surface area contributed by atoms with Gasteiger partial charge < -0.3 is 6.92 Å². The van der Waals surface area contributed by atoms with E-state index in [9.17, 15) is 0 Å². The molecule has 0 heterocycles. The summed E-state index contributed by atoms with van der Waals surface area (Å²) in [6.07, 6.45) is 6.39. The monoisotopic (exact) mass is 164 g/mol. The minimum atomic E-state index is 0. The second-order valence-electron chi connectivity index (χ2n) is 3.31. The van der Waals surface area contributed by atoms with Crippen molar-refractivity contribution in [2.24, 2.45) is 5.41 Å².